The highest BCUT2D eigenvalue weighted by Gasteiger charge is 2.13. The van der Waals surface area contributed by atoms with Crippen molar-refractivity contribution in [3.63, 3.8) is 0 Å². The summed E-state index contributed by atoms with van der Waals surface area (Å²) in [6.07, 6.45) is 1.29. The molecule has 3 aromatic rings. The summed E-state index contributed by atoms with van der Waals surface area (Å²) >= 11 is 7.15. The van der Waals surface area contributed by atoms with E-state index in [4.69, 9.17) is 21.4 Å². The summed E-state index contributed by atoms with van der Waals surface area (Å²) in [5, 5.41) is 13.1. The Balaban J connectivity index is 1.73. The molecule has 10 heteroatoms. The van der Waals surface area contributed by atoms with Crippen LogP contribution >= 0.6 is 22.9 Å². The molecule has 0 atom stereocenters. The van der Waals surface area contributed by atoms with Gasteiger partial charge >= 0.3 is 10.8 Å². The van der Waals surface area contributed by atoms with Crippen LogP contribution in [0.3, 0.4) is 0 Å². The van der Waals surface area contributed by atoms with E-state index in [1.807, 2.05) is 0 Å². The van der Waals surface area contributed by atoms with Crippen LogP contribution in [0.5, 0.6) is 5.75 Å². The average Bonchev–Trinajstić information content (AvgIpc) is 3.01. The van der Waals surface area contributed by atoms with Crippen LogP contribution in [0.25, 0.3) is 0 Å². The summed E-state index contributed by atoms with van der Waals surface area (Å²) in [6.45, 7) is 0.110. The number of carboxylic acid groups (broad SMARTS) is 1. The van der Waals surface area contributed by atoms with Crippen LogP contribution in [0.15, 0.2) is 58.4 Å². The molecule has 2 aromatic carbocycles. The maximum atomic E-state index is 12.3. The largest absolute Gasteiger partial charge is 0.497 e. The lowest BCUT2D eigenvalue weighted by atomic mass is 10.1. The van der Waals surface area contributed by atoms with Gasteiger partial charge in [-0.2, -0.15) is 5.10 Å². The molecule has 1 heterocycles. The number of halogens is 1. The number of nitrogens with zero attached hydrogens (tertiary/aromatic N) is 2. The van der Waals surface area contributed by atoms with Gasteiger partial charge in [0.2, 0.25) is 0 Å². The van der Waals surface area contributed by atoms with Crippen LogP contribution < -0.4 is 15.0 Å². The zero-order chi connectivity index (χ0) is 21.7. The molecule has 1 amide bonds. The van der Waals surface area contributed by atoms with Gasteiger partial charge in [-0.1, -0.05) is 41.1 Å². The van der Waals surface area contributed by atoms with Crippen LogP contribution in [0.1, 0.15) is 31.2 Å². The number of amides is 1. The Morgan fingerprint density at radius 2 is 1.97 bits per heavy atom. The lowest BCUT2D eigenvalue weighted by Gasteiger charge is -2.05. The van der Waals surface area contributed by atoms with Crippen LogP contribution in [-0.4, -0.2) is 34.9 Å². The molecule has 8 nitrogen and oxygen atoms in total. The first-order valence-electron chi connectivity index (χ1n) is 8.58. The standard InChI is InChI=1S/C20H16ClN3O5S/c1-29-15-7-3-5-13(9-15)18(25)23-22-10-16-17(21)24(20(28)30-16)11-12-4-2-6-14(8-12)19(26)27/h2-10H,11H2,1H3,(H,23,25)(H,26,27)/b22-10+. The van der Waals surface area contributed by atoms with Gasteiger partial charge in [0, 0.05) is 5.56 Å². The van der Waals surface area contributed by atoms with Gasteiger partial charge in [0.1, 0.15) is 10.9 Å². The predicted molar refractivity (Wildman–Crippen MR) is 114 cm³/mol. The number of benzene rings is 2. The number of rotatable bonds is 7. The van der Waals surface area contributed by atoms with Crippen molar-refractivity contribution in [2.24, 2.45) is 5.10 Å². The van der Waals surface area contributed by atoms with Crippen molar-refractivity contribution in [1.82, 2.24) is 9.99 Å². The molecule has 0 bridgehead atoms. The van der Waals surface area contributed by atoms with E-state index in [1.165, 1.54) is 30.0 Å². The number of hydrogen-bond acceptors (Lipinski definition) is 6. The Morgan fingerprint density at radius 3 is 2.70 bits per heavy atom. The minimum Gasteiger partial charge on any atom is -0.497 e. The average molecular weight is 446 g/mol. The molecular weight excluding hydrogens is 430 g/mol. The van der Waals surface area contributed by atoms with Crippen molar-refractivity contribution < 1.29 is 19.4 Å². The molecular formula is C20H16ClN3O5S. The van der Waals surface area contributed by atoms with Crippen LogP contribution in [-0.2, 0) is 6.54 Å². The second kappa shape index (κ2) is 9.38. The van der Waals surface area contributed by atoms with Crippen molar-refractivity contribution in [3.8, 4) is 5.75 Å². The fourth-order valence-corrected chi connectivity index (χ4v) is 3.69. The summed E-state index contributed by atoms with van der Waals surface area (Å²) in [5.74, 6) is -0.962. The summed E-state index contributed by atoms with van der Waals surface area (Å²) in [7, 11) is 1.50. The number of aromatic carboxylic acids is 1. The lowest BCUT2D eigenvalue weighted by molar-refractivity contribution is 0.0696. The fraction of sp³-hybridized carbons (Fsp3) is 0.100. The Hall–Kier alpha value is -3.43. The number of carboxylic acids is 1. The van der Waals surface area contributed by atoms with Gasteiger partial charge < -0.3 is 9.84 Å². The summed E-state index contributed by atoms with van der Waals surface area (Å²) < 4.78 is 6.38. The van der Waals surface area contributed by atoms with E-state index in [2.05, 4.69) is 10.5 Å². The molecule has 0 saturated carbocycles. The first-order valence-corrected chi connectivity index (χ1v) is 9.77. The van der Waals surface area contributed by atoms with Gasteiger partial charge in [-0.25, -0.2) is 10.2 Å². The third-order valence-electron chi connectivity index (χ3n) is 4.05. The number of carbonyl (C=O) groups is 2. The highest BCUT2D eigenvalue weighted by atomic mass is 35.5. The molecule has 0 aliphatic rings. The van der Waals surface area contributed by atoms with E-state index in [9.17, 15) is 14.4 Å². The molecule has 0 spiro atoms. The van der Waals surface area contributed by atoms with E-state index >= 15 is 0 Å². The molecule has 1 aromatic heterocycles. The topological polar surface area (TPSA) is 110 Å². The van der Waals surface area contributed by atoms with Crippen molar-refractivity contribution in [1.29, 1.82) is 0 Å². The number of hydrogen-bond donors (Lipinski definition) is 2. The monoisotopic (exact) mass is 445 g/mol. The molecule has 3 rings (SSSR count). The van der Waals surface area contributed by atoms with E-state index < -0.39 is 11.9 Å². The fourth-order valence-electron chi connectivity index (χ4n) is 2.58. The van der Waals surface area contributed by atoms with Gasteiger partial charge in [-0.15, -0.1) is 0 Å². The molecule has 30 heavy (non-hydrogen) atoms. The van der Waals surface area contributed by atoms with E-state index in [1.54, 1.807) is 36.4 Å². The number of thiazole rings is 1. The quantitative estimate of drug-likeness (QED) is 0.429. The van der Waals surface area contributed by atoms with Crippen LogP contribution in [0.4, 0.5) is 0 Å². The lowest BCUT2D eigenvalue weighted by Crippen LogP contribution is -2.17. The predicted octanol–water partition coefficient (Wildman–Crippen LogP) is 3.08. The summed E-state index contributed by atoms with van der Waals surface area (Å²) in [6, 6.07) is 12.8. The second-order valence-corrected chi connectivity index (χ2v) is 7.40. The van der Waals surface area contributed by atoms with Crippen molar-refractivity contribution in [2.45, 2.75) is 6.54 Å². The number of hydrazone groups is 1. The van der Waals surface area contributed by atoms with Crippen LogP contribution in [0.2, 0.25) is 5.15 Å². The summed E-state index contributed by atoms with van der Waals surface area (Å²) in [4.78, 5) is 35.6. The Morgan fingerprint density at radius 1 is 1.23 bits per heavy atom. The van der Waals surface area contributed by atoms with Gasteiger partial charge in [0.05, 0.1) is 30.3 Å². The Bertz CT molecular complexity index is 1190. The molecule has 0 unspecified atom stereocenters. The molecule has 2 N–H and O–H groups in total. The maximum Gasteiger partial charge on any atom is 0.335 e. The van der Waals surface area contributed by atoms with Gasteiger partial charge in [0.25, 0.3) is 5.91 Å². The molecule has 154 valence electrons. The maximum absolute atomic E-state index is 12.3. The van der Waals surface area contributed by atoms with Gasteiger partial charge in [0.15, 0.2) is 0 Å². The number of nitrogens with one attached hydrogen (secondary N) is 1. The van der Waals surface area contributed by atoms with Gasteiger partial charge in [-0.3, -0.25) is 14.2 Å². The SMILES string of the molecule is COc1cccc(C(=O)N/N=C/c2sc(=O)n(Cc3cccc(C(=O)O)c3)c2Cl)c1. The van der Waals surface area contributed by atoms with Crippen molar-refractivity contribution in [3.05, 3.63) is 84.9 Å². The normalized spacial score (nSPS) is 10.9. The van der Waals surface area contributed by atoms with Gasteiger partial charge in [-0.05, 0) is 35.9 Å². The highest BCUT2D eigenvalue weighted by Crippen LogP contribution is 2.19. The molecule has 0 fully saturated rings. The number of carbonyl (C=O) groups excluding carboxylic acids is 1. The smallest absolute Gasteiger partial charge is 0.335 e. The number of aromatic nitrogens is 1. The third-order valence-corrected chi connectivity index (χ3v) is 5.49. The highest BCUT2D eigenvalue weighted by molar-refractivity contribution is 7.11. The number of methoxy groups -OCH3 is 1. The first-order chi connectivity index (χ1) is 14.4. The minimum absolute atomic E-state index is 0.110. The third kappa shape index (κ3) is 4.94. The Labute approximate surface area is 180 Å². The Kier molecular flexibility index (Phi) is 6.65. The number of ether oxygens (including phenoxy) is 1. The van der Waals surface area contributed by atoms with E-state index in [0.29, 0.717) is 21.8 Å². The molecule has 0 aliphatic heterocycles. The van der Waals surface area contributed by atoms with E-state index in [0.717, 1.165) is 11.3 Å². The van der Waals surface area contributed by atoms with Crippen LogP contribution in [0, 0.1) is 0 Å². The van der Waals surface area contributed by atoms with Crippen molar-refractivity contribution in [2.75, 3.05) is 7.11 Å². The first kappa shape index (κ1) is 21.3. The summed E-state index contributed by atoms with van der Waals surface area (Å²) in [5.41, 5.74) is 3.47. The zero-order valence-corrected chi connectivity index (χ0v) is 17.2. The molecule has 0 saturated heterocycles. The second-order valence-electron chi connectivity index (χ2n) is 6.05. The molecule has 0 aliphatic carbocycles. The van der Waals surface area contributed by atoms with E-state index in [-0.39, 0.29) is 22.1 Å². The van der Waals surface area contributed by atoms with Crippen molar-refractivity contribution >= 4 is 41.0 Å². The zero-order valence-electron chi connectivity index (χ0n) is 15.7. The minimum atomic E-state index is -1.06. The molecule has 0 radical (unpaired) electrons.